The van der Waals surface area contributed by atoms with Crippen molar-refractivity contribution >= 4 is 23.0 Å². The van der Waals surface area contributed by atoms with E-state index < -0.39 is 0 Å². The lowest BCUT2D eigenvalue weighted by Crippen LogP contribution is -2.29. The van der Waals surface area contributed by atoms with Crippen LogP contribution in [0.2, 0.25) is 5.02 Å². The molecule has 0 spiro atoms. The second-order valence-electron chi connectivity index (χ2n) is 5.78. The van der Waals surface area contributed by atoms with Gasteiger partial charge in [-0.25, -0.2) is 0 Å². The zero-order chi connectivity index (χ0) is 14.2. The summed E-state index contributed by atoms with van der Waals surface area (Å²) in [5.41, 5.74) is 3.64. The molecule has 1 aliphatic carbocycles. The van der Waals surface area contributed by atoms with Crippen LogP contribution in [0.1, 0.15) is 24.8 Å². The molecule has 0 aromatic heterocycles. The van der Waals surface area contributed by atoms with E-state index in [1.165, 1.54) is 30.5 Å². The van der Waals surface area contributed by atoms with Gasteiger partial charge in [0.1, 0.15) is 0 Å². The summed E-state index contributed by atoms with van der Waals surface area (Å²) < 4.78 is 0. The fourth-order valence-electron chi connectivity index (χ4n) is 3.54. The fraction of sp³-hybridized carbons (Fsp3) is 0.278. The van der Waals surface area contributed by atoms with E-state index in [9.17, 15) is 0 Å². The Balaban J connectivity index is 1.74. The minimum atomic E-state index is 0.501. The number of hydrogen-bond acceptors (Lipinski definition) is 2. The van der Waals surface area contributed by atoms with Gasteiger partial charge in [0.25, 0.3) is 0 Å². The standard InChI is InChI=1S/C18H17ClN2/c19-14-9-11-15(12-10-14)21-17-8-4-7-16(17)18(20-21)13-5-2-1-3-6-13/h1-3,5-6,9-12,16-17H,4,7-8H2/t16-,17-/m0/s1. The van der Waals surface area contributed by atoms with Crippen molar-refractivity contribution in [2.45, 2.75) is 25.3 Å². The van der Waals surface area contributed by atoms with E-state index >= 15 is 0 Å². The molecule has 1 heterocycles. The molecule has 2 nitrogen and oxygen atoms in total. The van der Waals surface area contributed by atoms with Gasteiger partial charge in [-0.15, -0.1) is 0 Å². The molecule has 4 rings (SSSR count). The molecule has 21 heavy (non-hydrogen) atoms. The highest BCUT2D eigenvalue weighted by atomic mass is 35.5. The normalized spacial score (nSPS) is 24.0. The summed E-state index contributed by atoms with van der Waals surface area (Å²) in [6.45, 7) is 0. The Morgan fingerprint density at radius 1 is 0.952 bits per heavy atom. The first-order valence-corrected chi connectivity index (χ1v) is 7.89. The molecule has 0 N–H and O–H groups in total. The molecule has 2 aliphatic rings. The molecule has 0 saturated heterocycles. The SMILES string of the molecule is Clc1ccc(N2N=C(c3ccccc3)[C@H]3CCC[C@@H]32)cc1. The van der Waals surface area contributed by atoms with E-state index in [-0.39, 0.29) is 0 Å². The van der Waals surface area contributed by atoms with Crippen LogP contribution in [0.15, 0.2) is 59.7 Å². The van der Waals surface area contributed by atoms with Crippen molar-refractivity contribution < 1.29 is 0 Å². The number of hydrazone groups is 1. The number of anilines is 1. The van der Waals surface area contributed by atoms with Crippen LogP contribution < -0.4 is 5.01 Å². The van der Waals surface area contributed by atoms with E-state index in [1.54, 1.807) is 0 Å². The van der Waals surface area contributed by atoms with Crippen molar-refractivity contribution in [1.29, 1.82) is 0 Å². The Morgan fingerprint density at radius 3 is 2.48 bits per heavy atom. The van der Waals surface area contributed by atoms with Crippen LogP contribution in [0.5, 0.6) is 0 Å². The average molecular weight is 297 g/mol. The van der Waals surface area contributed by atoms with Crippen molar-refractivity contribution in [2.24, 2.45) is 11.0 Å². The first-order chi connectivity index (χ1) is 10.3. The predicted molar refractivity (Wildman–Crippen MR) is 88.0 cm³/mol. The van der Waals surface area contributed by atoms with Gasteiger partial charge < -0.3 is 0 Å². The lowest BCUT2D eigenvalue weighted by molar-refractivity contribution is 0.602. The van der Waals surface area contributed by atoms with Crippen LogP contribution >= 0.6 is 11.6 Å². The zero-order valence-electron chi connectivity index (χ0n) is 11.7. The lowest BCUT2D eigenvalue weighted by atomic mass is 9.93. The largest absolute Gasteiger partial charge is 0.262 e. The highest BCUT2D eigenvalue weighted by Gasteiger charge is 2.41. The van der Waals surface area contributed by atoms with Gasteiger partial charge in [0.15, 0.2) is 0 Å². The maximum absolute atomic E-state index is 6.00. The Labute approximate surface area is 130 Å². The van der Waals surface area contributed by atoms with Gasteiger partial charge in [0, 0.05) is 10.9 Å². The van der Waals surface area contributed by atoms with E-state index in [4.69, 9.17) is 16.7 Å². The highest BCUT2D eigenvalue weighted by Crippen LogP contribution is 2.40. The molecular weight excluding hydrogens is 280 g/mol. The van der Waals surface area contributed by atoms with E-state index in [1.807, 2.05) is 12.1 Å². The molecule has 0 amide bonds. The minimum Gasteiger partial charge on any atom is -0.262 e. The zero-order valence-corrected chi connectivity index (χ0v) is 12.5. The van der Waals surface area contributed by atoms with Crippen molar-refractivity contribution in [3.63, 3.8) is 0 Å². The fourth-order valence-corrected chi connectivity index (χ4v) is 3.67. The van der Waals surface area contributed by atoms with Gasteiger partial charge >= 0.3 is 0 Å². The summed E-state index contributed by atoms with van der Waals surface area (Å²) in [6.07, 6.45) is 3.74. The summed E-state index contributed by atoms with van der Waals surface area (Å²) in [5.74, 6) is 0.558. The summed E-state index contributed by atoms with van der Waals surface area (Å²) in [7, 11) is 0. The lowest BCUT2D eigenvalue weighted by Gasteiger charge is -2.22. The van der Waals surface area contributed by atoms with Gasteiger partial charge in [-0.3, -0.25) is 5.01 Å². The number of hydrogen-bond donors (Lipinski definition) is 0. The third-order valence-corrected chi connectivity index (χ3v) is 4.77. The summed E-state index contributed by atoms with van der Waals surface area (Å²) in [5, 5.41) is 7.93. The molecule has 2 aromatic rings. The number of fused-ring (bicyclic) bond motifs is 1. The van der Waals surface area contributed by atoms with Crippen LogP contribution in [0.25, 0.3) is 0 Å². The number of benzene rings is 2. The van der Waals surface area contributed by atoms with E-state index in [2.05, 4.69) is 47.5 Å². The Bertz CT molecular complexity index is 663. The van der Waals surface area contributed by atoms with Crippen molar-refractivity contribution in [2.75, 3.05) is 5.01 Å². The van der Waals surface area contributed by atoms with Crippen LogP contribution in [0, 0.1) is 5.92 Å². The Hall–Kier alpha value is -1.80. The maximum Gasteiger partial charge on any atom is 0.0734 e. The first kappa shape index (κ1) is 12.9. The van der Waals surface area contributed by atoms with Gasteiger partial charge in [0.05, 0.1) is 17.4 Å². The van der Waals surface area contributed by atoms with Crippen LogP contribution in [-0.2, 0) is 0 Å². The quantitative estimate of drug-likeness (QED) is 0.782. The monoisotopic (exact) mass is 296 g/mol. The number of halogens is 1. The molecule has 1 saturated carbocycles. The highest BCUT2D eigenvalue weighted by molar-refractivity contribution is 6.30. The third-order valence-electron chi connectivity index (χ3n) is 4.52. The average Bonchev–Trinajstić information content (AvgIpc) is 3.11. The molecule has 2 atom stereocenters. The minimum absolute atomic E-state index is 0.501. The van der Waals surface area contributed by atoms with Crippen molar-refractivity contribution in [3.8, 4) is 0 Å². The number of rotatable bonds is 2. The molecule has 0 bridgehead atoms. The van der Waals surface area contributed by atoms with Gasteiger partial charge in [-0.05, 0) is 42.7 Å². The molecule has 2 aromatic carbocycles. The second kappa shape index (κ2) is 5.19. The van der Waals surface area contributed by atoms with Crippen LogP contribution in [0.3, 0.4) is 0 Å². The molecule has 0 unspecified atom stereocenters. The first-order valence-electron chi connectivity index (χ1n) is 7.51. The molecular formula is C18H17ClN2. The van der Waals surface area contributed by atoms with E-state index in [0.29, 0.717) is 12.0 Å². The molecule has 106 valence electrons. The van der Waals surface area contributed by atoms with Crippen molar-refractivity contribution in [3.05, 3.63) is 65.2 Å². The maximum atomic E-state index is 6.00. The Morgan fingerprint density at radius 2 is 1.71 bits per heavy atom. The number of nitrogens with zero attached hydrogens (tertiary/aromatic N) is 2. The van der Waals surface area contributed by atoms with Crippen molar-refractivity contribution in [1.82, 2.24) is 0 Å². The van der Waals surface area contributed by atoms with Crippen LogP contribution in [-0.4, -0.2) is 11.8 Å². The molecule has 1 fully saturated rings. The molecule has 1 aliphatic heterocycles. The van der Waals surface area contributed by atoms with Gasteiger partial charge in [-0.1, -0.05) is 48.4 Å². The summed E-state index contributed by atoms with van der Waals surface area (Å²) >= 11 is 6.00. The second-order valence-corrected chi connectivity index (χ2v) is 6.21. The summed E-state index contributed by atoms with van der Waals surface area (Å²) in [6, 6.07) is 19.1. The smallest absolute Gasteiger partial charge is 0.0734 e. The topological polar surface area (TPSA) is 15.6 Å². The predicted octanol–water partition coefficient (Wildman–Crippen LogP) is 4.73. The third kappa shape index (κ3) is 2.24. The summed E-state index contributed by atoms with van der Waals surface area (Å²) in [4.78, 5) is 0. The molecule has 0 radical (unpaired) electrons. The van der Waals surface area contributed by atoms with Gasteiger partial charge in [-0.2, -0.15) is 5.10 Å². The Kier molecular flexibility index (Phi) is 3.19. The van der Waals surface area contributed by atoms with E-state index in [0.717, 1.165) is 10.7 Å². The van der Waals surface area contributed by atoms with Crippen LogP contribution in [0.4, 0.5) is 5.69 Å². The van der Waals surface area contributed by atoms with Gasteiger partial charge in [0.2, 0.25) is 0 Å². The molecule has 3 heteroatoms.